The first-order chi connectivity index (χ1) is 8.15. The van der Waals surface area contributed by atoms with E-state index in [1.54, 1.807) is 31.2 Å². The van der Waals surface area contributed by atoms with Gasteiger partial charge in [0, 0.05) is 0 Å². The smallest absolute Gasteiger partial charge is 0.327 e. The van der Waals surface area contributed by atoms with Gasteiger partial charge in [0.15, 0.2) is 0 Å². The number of imide groups is 1. The molecule has 0 saturated carbocycles. The fourth-order valence-electron chi connectivity index (χ4n) is 1.69. The minimum Gasteiger partial charge on any atom is -0.327 e. The van der Waals surface area contributed by atoms with Gasteiger partial charge in [0.25, 0.3) is 5.91 Å². The molecule has 88 valence electrons. The highest BCUT2D eigenvalue weighted by Gasteiger charge is 2.37. The molecule has 0 aliphatic carbocycles. The number of amides is 4. The summed E-state index contributed by atoms with van der Waals surface area (Å²) in [5.41, 5.74) is 0.784. The number of benzene rings is 1. The van der Waals surface area contributed by atoms with Crippen LogP contribution in [0.25, 0.3) is 0 Å². The monoisotopic (exact) mass is 233 g/mol. The SMILES string of the molecule is CC1NC(=O)N(c2ccccc2NC=O)C1=O. The van der Waals surface area contributed by atoms with Crippen LogP contribution in [0.4, 0.5) is 16.2 Å². The summed E-state index contributed by atoms with van der Waals surface area (Å²) < 4.78 is 0. The Bertz CT molecular complexity index is 487. The van der Waals surface area contributed by atoms with Gasteiger partial charge in [-0.2, -0.15) is 0 Å². The second-order valence-corrected chi connectivity index (χ2v) is 3.62. The summed E-state index contributed by atoms with van der Waals surface area (Å²) >= 11 is 0. The van der Waals surface area contributed by atoms with Crippen LogP contribution in [0.5, 0.6) is 0 Å². The Balaban J connectivity index is 2.43. The predicted molar refractivity (Wildman–Crippen MR) is 61.6 cm³/mol. The molecule has 0 spiro atoms. The van der Waals surface area contributed by atoms with Gasteiger partial charge in [-0.1, -0.05) is 12.1 Å². The molecular weight excluding hydrogens is 222 g/mol. The summed E-state index contributed by atoms with van der Waals surface area (Å²) in [6.45, 7) is 1.61. The lowest BCUT2D eigenvalue weighted by Gasteiger charge is -2.16. The Morgan fingerprint density at radius 2 is 2.06 bits per heavy atom. The summed E-state index contributed by atoms with van der Waals surface area (Å²) in [4.78, 5) is 34.9. The number of anilines is 2. The van der Waals surface area contributed by atoms with Gasteiger partial charge >= 0.3 is 6.03 Å². The van der Waals surface area contributed by atoms with Gasteiger partial charge in [-0.05, 0) is 19.1 Å². The van der Waals surface area contributed by atoms with Crippen molar-refractivity contribution >= 4 is 29.7 Å². The fourth-order valence-corrected chi connectivity index (χ4v) is 1.69. The lowest BCUT2D eigenvalue weighted by Crippen LogP contribution is -2.31. The van der Waals surface area contributed by atoms with Crippen LogP contribution in [0.3, 0.4) is 0 Å². The van der Waals surface area contributed by atoms with Crippen molar-refractivity contribution in [3.8, 4) is 0 Å². The van der Waals surface area contributed by atoms with Crippen molar-refractivity contribution in [2.24, 2.45) is 0 Å². The van der Waals surface area contributed by atoms with Gasteiger partial charge in [-0.3, -0.25) is 9.59 Å². The summed E-state index contributed by atoms with van der Waals surface area (Å²) in [6.07, 6.45) is 0.501. The average molecular weight is 233 g/mol. The molecule has 1 fully saturated rings. The van der Waals surface area contributed by atoms with Crippen LogP contribution in [-0.2, 0) is 9.59 Å². The van der Waals surface area contributed by atoms with E-state index in [4.69, 9.17) is 0 Å². The molecule has 0 aromatic heterocycles. The zero-order valence-electron chi connectivity index (χ0n) is 9.14. The molecule has 1 aromatic rings. The topological polar surface area (TPSA) is 78.5 Å². The van der Waals surface area contributed by atoms with Crippen LogP contribution in [-0.4, -0.2) is 24.4 Å². The van der Waals surface area contributed by atoms with Crippen molar-refractivity contribution in [3.05, 3.63) is 24.3 Å². The number of hydrogen-bond donors (Lipinski definition) is 2. The number of rotatable bonds is 3. The van der Waals surface area contributed by atoms with E-state index in [2.05, 4.69) is 10.6 Å². The molecule has 17 heavy (non-hydrogen) atoms. The summed E-state index contributed by atoms with van der Waals surface area (Å²) in [6, 6.07) is 5.58. The number of carbonyl (C=O) groups is 3. The van der Waals surface area contributed by atoms with E-state index < -0.39 is 12.1 Å². The van der Waals surface area contributed by atoms with E-state index in [0.717, 1.165) is 4.90 Å². The van der Waals surface area contributed by atoms with Crippen molar-refractivity contribution in [2.75, 3.05) is 10.2 Å². The Morgan fingerprint density at radius 1 is 1.35 bits per heavy atom. The van der Waals surface area contributed by atoms with Crippen molar-refractivity contribution < 1.29 is 14.4 Å². The second kappa shape index (κ2) is 4.25. The van der Waals surface area contributed by atoms with Crippen molar-refractivity contribution in [1.29, 1.82) is 0 Å². The Labute approximate surface area is 97.6 Å². The summed E-state index contributed by atoms with van der Waals surface area (Å²) in [5.74, 6) is -0.338. The molecule has 1 unspecified atom stereocenters. The zero-order chi connectivity index (χ0) is 12.4. The third kappa shape index (κ3) is 1.84. The van der Waals surface area contributed by atoms with Crippen LogP contribution in [0, 0.1) is 0 Å². The Kier molecular flexibility index (Phi) is 2.78. The second-order valence-electron chi connectivity index (χ2n) is 3.62. The highest BCUT2D eigenvalue weighted by Crippen LogP contribution is 2.27. The normalized spacial score (nSPS) is 19.1. The number of carbonyl (C=O) groups excluding carboxylic acids is 3. The molecule has 2 N–H and O–H groups in total. The Hall–Kier alpha value is -2.37. The number of hydrogen-bond acceptors (Lipinski definition) is 3. The molecule has 6 nitrogen and oxygen atoms in total. The summed E-state index contributed by atoms with van der Waals surface area (Å²) in [5, 5.41) is 4.96. The molecule has 1 heterocycles. The first-order valence-electron chi connectivity index (χ1n) is 5.09. The maximum Gasteiger partial charge on any atom is 0.329 e. The van der Waals surface area contributed by atoms with Gasteiger partial charge in [-0.25, -0.2) is 9.69 Å². The number of urea groups is 1. The average Bonchev–Trinajstić information content (AvgIpc) is 2.55. The van der Waals surface area contributed by atoms with E-state index in [1.165, 1.54) is 0 Å². The van der Waals surface area contributed by atoms with E-state index >= 15 is 0 Å². The van der Waals surface area contributed by atoms with Gasteiger partial charge < -0.3 is 10.6 Å². The number of para-hydroxylation sites is 2. The van der Waals surface area contributed by atoms with Crippen molar-refractivity contribution in [3.63, 3.8) is 0 Å². The predicted octanol–water partition coefficient (Wildman–Crippen LogP) is 0.700. The zero-order valence-corrected chi connectivity index (χ0v) is 9.14. The molecule has 1 aliphatic heterocycles. The summed E-state index contributed by atoms with van der Waals surface area (Å²) in [7, 11) is 0. The molecule has 4 amide bonds. The van der Waals surface area contributed by atoms with Gasteiger partial charge in [-0.15, -0.1) is 0 Å². The molecule has 1 aliphatic rings. The van der Waals surface area contributed by atoms with Crippen LogP contribution in [0.15, 0.2) is 24.3 Å². The minimum absolute atomic E-state index is 0.338. The van der Waals surface area contributed by atoms with Crippen LogP contribution >= 0.6 is 0 Å². The van der Waals surface area contributed by atoms with E-state index in [-0.39, 0.29) is 5.91 Å². The standard InChI is InChI=1S/C11H11N3O3/c1-7-10(16)14(11(17)13-7)9-5-3-2-4-8(9)12-6-15/h2-7H,1H3,(H,12,15)(H,13,17). The minimum atomic E-state index is -0.549. The maximum atomic E-state index is 11.8. The molecule has 6 heteroatoms. The number of nitrogens with zero attached hydrogens (tertiary/aromatic N) is 1. The highest BCUT2D eigenvalue weighted by atomic mass is 16.2. The van der Waals surface area contributed by atoms with E-state index in [1.807, 2.05) is 0 Å². The van der Waals surface area contributed by atoms with Gasteiger partial charge in [0.1, 0.15) is 6.04 Å². The lowest BCUT2D eigenvalue weighted by molar-refractivity contribution is -0.118. The Morgan fingerprint density at radius 3 is 2.65 bits per heavy atom. The van der Waals surface area contributed by atoms with Crippen LogP contribution in [0.1, 0.15) is 6.92 Å². The molecule has 0 bridgehead atoms. The largest absolute Gasteiger partial charge is 0.329 e. The van der Waals surface area contributed by atoms with E-state index in [0.29, 0.717) is 17.8 Å². The molecular formula is C11H11N3O3. The highest BCUT2D eigenvalue weighted by molar-refractivity contribution is 6.22. The molecule has 1 saturated heterocycles. The van der Waals surface area contributed by atoms with Crippen LogP contribution < -0.4 is 15.5 Å². The van der Waals surface area contributed by atoms with Gasteiger partial charge in [0.05, 0.1) is 11.4 Å². The molecule has 2 rings (SSSR count). The van der Waals surface area contributed by atoms with Gasteiger partial charge in [0.2, 0.25) is 6.41 Å². The quantitative estimate of drug-likeness (QED) is 0.595. The van der Waals surface area contributed by atoms with Crippen molar-refractivity contribution in [1.82, 2.24) is 5.32 Å². The van der Waals surface area contributed by atoms with Crippen LogP contribution in [0.2, 0.25) is 0 Å². The fraction of sp³-hybridized carbons (Fsp3) is 0.182. The van der Waals surface area contributed by atoms with E-state index in [9.17, 15) is 14.4 Å². The third-order valence-corrected chi connectivity index (χ3v) is 2.49. The van der Waals surface area contributed by atoms with Crippen molar-refractivity contribution in [2.45, 2.75) is 13.0 Å². The molecule has 1 aromatic carbocycles. The lowest BCUT2D eigenvalue weighted by atomic mass is 10.2. The first kappa shape index (κ1) is 11.1. The molecule has 0 radical (unpaired) electrons. The first-order valence-corrected chi connectivity index (χ1v) is 5.09. The third-order valence-electron chi connectivity index (χ3n) is 2.49. The maximum absolute atomic E-state index is 11.8. The molecule has 1 atom stereocenters. The number of nitrogens with one attached hydrogen (secondary N) is 2.